The predicted molar refractivity (Wildman–Crippen MR) is 111 cm³/mol. The lowest BCUT2D eigenvalue weighted by Crippen LogP contribution is -2.28. The Labute approximate surface area is 159 Å². The monoisotopic (exact) mass is 372 g/mol. The summed E-state index contributed by atoms with van der Waals surface area (Å²) in [5.41, 5.74) is 3.64. The van der Waals surface area contributed by atoms with E-state index in [0.29, 0.717) is 15.8 Å². The summed E-state index contributed by atoms with van der Waals surface area (Å²) in [6, 6.07) is 8.46. The van der Waals surface area contributed by atoms with Gasteiger partial charge in [-0.15, -0.1) is 0 Å². The fourth-order valence-corrected chi connectivity index (χ4v) is 4.73. The smallest absolute Gasteiger partial charge is 0.266 e. The van der Waals surface area contributed by atoms with Crippen molar-refractivity contribution in [1.82, 2.24) is 4.90 Å². The number of carbonyl (C=O) groups is 1. The number of fused-ring (bicyclic) bond motifs is 1. The van der Waals surface area contributed by atoms with Crippen molar-refractivity contribution in [1.29, 1.82) is 0 Å². The molecule has 1 fully saturated rings. The van der Waals surface area contributed by atoms with Crippen LogP contribution in [0.2, 0.25) is 0 Å². The number of benzene rings is 1. The van der Waals surface area contributed by atoms with E-state index in [1.807, 2.05) is 6.08 Å². The normalized spacial score (nSPS) is 22.4. The molecule has 0 aliphatic carbocycles. The molecule has 0 spiro atoms. The number of rotatable bonds is 4. The summed E-state index contributed by atoms with van der Waals surface area (Å²) < 4.78 is 0.672. The maximum atomic E-state index is 12.6. The number of anilines is 1. The summed E-state index contributed by atoms with van der Waals surface area (Å²) in [6.45, 7) is 7.28. The van der Waals surface area contributed by atoms with Crippen molar-refractivity contribution in [3.05, 3.63) is 52.6 Å². The van der Waals surface area contributed by atoms with E-state index in [0.717, 1.165) is 12.8 Å². The molecule has 0 saturated carbocycles. The summed E-state index contributed by atoms with van der Waals surface area (Å²) in [6.07, 6.45) is 6.04. The molecule has 1 amide bonds. The summed E-state index contributed by atoms with van der Waals surface area (Å²) >= 11 is 6.78. The molecule has 25 heavy (non-hydrogen) atoms. The lowest BCUT2D eigenvalue weighted by molar-refractivity contribution is -0.122. The van der Waals surface area contributed by atoms with Crippen molar-refractivity contribution in [3.63, 3.8) is 0 Å². The lowest BCUT2D eigenvalue weighted by Gasteiger charge is -2.23. The van der Waals surface area contributed by atoms with Crippen LogP contribution in [0.4, 0.5) is 5.69 Å². The number of allylic oxidation sites excluding steroid dienone is 3. The second-order valence-electron chi connectivity index (χ2n) is 6.96. The Morgan fingerprint density at radius 1 is 1.24 bits per heavy atom. The van der Waals surface area contributed by atoms with Crippen molar-refractivity contribution in [2.45, 2.75) is 39.0 Å². The van der Waals surface area contributed by atoms with Gasteiger partial charge in [0.25, 0.3) is 5.91 Å². The number of amides is 1. The first-order valence-corrected chi connectivity index (χ1v) is 9.89. The molecule has 0 N–H and O–H groups in total. The Morgan fingerprint density at radius 2 is 1.96 bits per heavy atom. The Kier molecular flexibility index (Phi) is 5.07. The first-order valence-electron chi connectivity index (χ1n) is 8.67. The third-order valence-electron chi connectivity index (χ3n) is 4.94. The molecule has 1 saturated heterocycles. The molecule has 1 aromatic rings. The largest absolute Gasteiger partial charge is 0.347 e. The van der Waals surface area contributed by atoms with E-state index in [9.17, 15) is 4.79 Å². The van der Waals surface area contributed by atoms with Gasteiger partial charge in [0.2, 0.25) is 0 Å². The van der Waals surface area contributed by atoms with Crippen LogP contribution in [-0.4, -0.2) is 28.7 Å². The standard InChI is InChI=1S/C20H24N2OS2/c1-5-6-13-22-18(23)16(25-19(22)24)11-12-17-20(2,3)14-9-7-8-10-15(14)21(17)4/h7-12H,5-6,13H2,1-4H3. The highest BCUT2D eigenvalue weighted by Gasteiger charge is 2.38. The number of thioether (sulfide) groups is 1. The SMILES string of the molecule is CCCCN1C(=O)C(=CC=C2N(C)c3ccccc3C2(C)C)SC1=S. The zero-order valence-corrected chi connectivity index (χ0v) is 16.8. The first-order chi connectivity index (χ1) is 11.9. The first kappa shape index (κ1) is 18.2. The molecule has 0 aromatic heterocycles. The maximum Gasteiger partial charge on any atom is 0.266 e. The summed E-state index contributed by atoms with van der Waals surface area (Å²) in [7, 11) is 2.08. The molecule has 2 aliphatic heterocycles. The summed E-state index contributed by atoms with van der Waals surface area (Å²) in [4.78, 5) is 17.3. The van der Waals surface area contributed by atoms with Gasteiger partial charge in [-0.1, -0.05) is 69.4 Å². The van der Waals surface area contributed by atoms with Crippen LogP contribution in [0.3, 0.4) is 0 Å². The second-order valence-corrected chi connectivity index (χ2v) is 8.64. The number of nitrogens with zero attached hydrogens (tertiary/aromatic N) is 2. The number of para-hydroxylation sites is 1. The molecule has 5 heteroatoms. The van der Waals surface area contributed by atoms with Gasteiger partial charge in [-0.25, -0.2) is 0 Å². The minimum atomic E-state index is -0.0862. The summed E-state index contributed by atoms with van der Waals surface area (Å²) in [5.74, 6) is 0.0382. The molecule has 132 valence electrons. The molecular formula is C20H24N2OS2. The van der Waals surface area contributed by atoms with Crippen LogP contribution in [0.15, 0.2) is 47.0 Å². The number of hydrogen-bond acceptors (Lipinski definition) is 4. The molecule has 0 bridgehead atoms. The van der Waals surface area contributed by atoms with Gasteiger partial charge in [-0.3, -0.25) is 9.69 Å². The lowest BCUT2D eigenvalue weighted by atomic mass is 9.84. The van der Waals surface area contributed by atoms with Crippen LogP contribution in [0.1, 0.15) is 39.2 Å². The van der Waals surface area contributed by atoms with Crippen LogP contribution in [0.5, 0.6) is 0 Å². The third kappa shape index (κ3) is 3.15. The van der Waals surface area contributed by atoms with E-state index >= 15 is 0 Å². The Morgan fingerprint density at radius 3 is 2.64 bits per heavy atom. The van der Waals surface area contributed by atoms with Gasteiger partial charge in [-0.05, 0) is 30.2 Å². The van der Waals surface area contributed by atoms with Gasteiger partial charge in [0.1, 0.15) is 4.32 Å². The Hall–Kier alpha value is -1.59. The van der Waals surface area contributed by atoms with E-state index in [2.05, 4.69) is 63.1 Å². The Bertz CT molecular complexity index is 780. The number of hydrogen-bond donors (Lipinski definition) is 0. The molecular weight excluding hydrogens is 348 g/mol. The number of likely N-dealkylation sites (N-methyl/N-ethyl adjacent to an activating group) is 1. The number of thiocarbonyl (C=S) groups is 1. The molecule has 3 nitrogen and oxygen atoms in total. The predicted octanol–water partition coefficient (Wildman–Crippen LogP) is 4.84. The summed E-state index contributed by atoms with van der Waals surface area (Å²) in [5, 5.41) is 0. The third-order valence-corrected chi connectivity index (χ3v) is 6.34. The zero-order valence-electron chi connectivity index (χ0n) is 15.2. The average molecular weight is 373 g/mol. The minimum absolute atomic E-state index is 0.0382. The van der Waals surface area contributed by atoms with E-state index < -0.39 is 0 Å². The van der Waals surface area contributed by atoms with Gasteiger partial charge in [-0.2, -0.15) is 0 Å². The van der Waals surface area contributed by atoms with Crippen LogP contribution in [0.25, 0.3) is 0 Å². The Balaban J connectivity index is 1.88. The maximum absolute atomic E-state index is 12.6. The van der Waals surface area contributed by atoms with Gasteiger partial charge < -0.3 is 4.90 Å². The fourth-order valence-electron chi connectivity index (χ4n) is 3.48. The highest BCUT2D eigenvalue weighted by molar-refractivity contribution is 8.26. The van der Waals surface area contributed by atoms with Crippen molar-refractivity contribution >= 4 is 39.9 Å². The molecule has 0 radical (unpaired) electrons. The van der Waals surface area contributed by atoms with Crippen molar-refractivity contribution in [2.24, 2.45) is 0 Å². The van der Waals surface area contributed by atoms with Crippen molar-refractivity contribution in [3.8, 4) is 0 Å². The second kappa shape index (κ2) is 6.96. The van der Waals surface area contributed by atoms with Gasteiger partial charge >= 0.3 is 0 Å². The van der Waals surface area contributed by atoms with Crippen LogP contribution < -0.4 is 4.90 Å². The molecule has 0 atom stereocenters. The van der Waals surface area contributed by atoms with E-state index in [1.165, 1.54) is 28.7 Å². The number of unbranched alkanes of at least 4 members (excludes halogenated alkanes) is 1. The molecule has 2 aliphatic rings. The van der Waals surface area contributed by atoms with Crippen LogP contribution >= 0.6 is 24.0 Å². The molecule has 1 aromatic carbocycles. The molecule has 2 heterocycles. The van der Waals surface area contributed by atoms with Gasteiger partial charge in [0, 0.05) is 30.4 Å². The highest BCUT2D eigenvalue weighted by atomic mass is 32.2. The highest BCUT2D eigenvalue weighted by Crippen LogP contribution is 2.46. The van der Waals surface area contributed by atoms with Gasteiger partial charge in [0.15, 0.2) is 0 Å². The van der Waals surface area contributed by atoms with Crippen molar-refractivity contribution < 1.29 is 4.79 Å². The van der Waals surface area contributed by atoms with E-state index in [4.69, 9.17) is 12.2 Å². The molecule has 0 unspecified atom stereocenters. The van der Waals surface area contributed by atoms with Gasteiger partial charge in [0.05, 0.1) is 4.91 Å². The van der Waals surface area contributed by atoms with Crippen molar-refractivity contribution in [2.75, 3.05) is 18.5 Å². The number of carbonyl (C=O) groups excluding carboxylic acids is 1. The van der Waals surface area contributed by atoms with Crippen LogP contribution in [-0.2, 0) is 10.2 Å². The van der Waals surface area contributed by atoms with E-state index in [1.54, 1.807) is 4.90 Å². The zero-order chi connectivity index (χ0) is 18.2. The minimum Gasteiger partial charge on any atom is -0.347 e. The van der Waals surface area contributed by atoms with Crippen LogP contribution in [0, 0.1) is 0 Å². The molecule has 3 rings (SSSR count). The quantitative estimate of drug-likeness (QED) is 0.557. The topological polar surface area (TPSA) is 23.6 Å². The fraction of sp³-hybridized carbons (Fsp3) is 0.400. The average Bonchev–Trinajstić information content (AvgIpc) is 2.96. The van der Waals surface area contributed by atoms with E-state index in [-0.39, 0.29) is 11.3 Å².